The molecule has 0 saturated carbocycles. The molecule has 1 aromatic heterocycles. The van der Waals surface area contributed by atoms with Crippen LogP contribution in [0.2, 0.25) is 0 Å². The predicted molar refractivity (Wildman–Crippen MR) is 109 cm³/mol. The first-order valence-corrected chi connectivity index (χ1v) is 9.18. The number of rotatable bonds is 6. The molecule has 1 heterocycles. The van der Waals surface area contributed by atoms with Crippen molar-refractivity contribution < 1.29 is 14.3 Å². The summed E-state index contributed by atoms with van der Waals surface area (Å²) in [6, 6.07) is 14.6. The molecule has 7 heteroatoms. The minimum Gasteiger partial charge on any atom is -0.497 e. The van der Waals surface area contributed by atoms with Gasteiger partial charge >= 0.3 is 0 Å². The number of aromatic nitrogens is 1. The molecule has 2 aromatic carbocycles. The summed E-state index contributed by atoms with van der Waals surface area (Å²) in [4.78, 5) is 16.7. The number of carbonyl (C=O) groups excluding carboxylic acids is 1. The minimum absolute atomic E-state index is 0.328. The van der Waals surface area contributed by atoms with Gasteiger partial charge < -0.3 is 9.47 Å². The van der Waals surface area contributed by atoms with Crippen LogP contribution in [0.3, 0.4) is 0 Å². The molecule has 3 rings (SSSR count). The highest BCUT2D eigenvalue weighted by Crippen LogP contribution is 2.35. The molecule has 6 nitrogen and oxygen atoms in total. The number of hydrogen-bond acceptors (Lipinski definition) is 6. The first-order chi connectivity index (χ1) is 13.6. The maximum absolute atomic E-state index is 12.2. The lowest BCUT2D eigenvalue weighted by molar-refractivity contribution is -0.111. The van der Waals surface area contributed by atoms with Crippen LogP contribution in [0.5, 0.6) is 11.5 Å². The molecule has 0 saturated heterocycles. The van der Waals surface area contributed by atoms with E-state index in [1.54, 1.807) is 50.6 Å². The predicted octanol–water partition coefficient (Wildman–Crippen LogP) is 4.35. The fourth-order valence-corrected chi connectivity index (χ4v) is 3.24. The Kier molecular flexibility index (Phi) is 6.04. The number of benzene rings is 2. The first-order valence-electron chi connectivity index (χ1n) is 8.30. The van der Waals surface area contributed by atoms with Crippen LogP contribution < -0.4 is 14.8 Å². The summed E-state index contributed by atoms with van der Waals surface area (Å²) in [5, 5.41) is 14.1. The molecular weight excluding hydrogens is 374 g/mol. The van der Waals surface area contributed by atoms with Gasteiger partial charge in [-0.2, -0.15) is 5.26 Å². The monoisotopic (exact) mass is 391 g/mol. The van der Waals surface area contributed by atoms with Crippen LogP contribution in [0.4, 0.5) is 5.13 Å². The molecule has 0 aliphatic heterocycles. The molecule has 0 radical (unpaired) electrons. The van der Waals surface area contributed by atoms with Crippen LogP contribution in [-0.4, -0.2) is 25.1 Å². The highest BCUT2D eigenvalue weighted by molar-refractivity contribution is 7.14. The van der Waals surface area contributed by atoms with Crippen LogP contribution >= 0.6 is 11.3 Å². The average Bonchev–Trinajstić information content (AvgIpc) is 3.20. The number of carbonyl (C=O) groups is 1. The molecule has 0 unspecified atom stereocenters. The van der Waals surface area contributed by atoms with Gasteiger partial charge in [-0.15, -0.1) is 11.3 Å². The van der Waals surface area contributed by atoms with Gasteiger partial charge in [-0.3, -0.25) is 10.1 Å². The molecule has 0 aliphatic carbocycles. The second kappa shape index (κ2) is 8.84. The van der Waals surface area contributed by atoms with E-state index in [9.17, 15) is 4.79 Å². The largest absolute Gasteiger partial charge is 0.497 e. The van der Waals surface area contributed by atoms with Crippen molar-refractivity contribution in [1.29, 1.82) is 5.26 Å². The van der Waals surface area contributed by atoms with Gasteiger partial charge in [0.05, 0.1) is 31.5 Å². The Morgan fingerprint density at radius 3 is 2.79 bits per heavy atom. The molecule has 0 atom stereocenters. The van der Waals surface area contributed by atoms with Crippen molar-refractivity contribution >= 4 is 28.5 Å². The second-order valence-corrected chi connectivity index (χ2v) is 6.48. The summed E-state index contributed by atoms with van der Waals surface area (Å²) in [5.41, 5.74) is 2.64. The Balaban J connectivity index is 1.75. The average molecular weight is 391 g/mol. The normalized spacial score (nSPS) is 10.5. The molecule has 28 heavy (non-hydrogen) atoms. The molecule has 1 N–H and O–H groups in total. The first kappa shape index (κ1) is 19.1. The number of thiazole rings is 1. The molecule has 1 amide bonds. The van der Waals surface area contributed by atoms with E-state index in [0.717, 1.165) is 5.56 Å². The zero-order chi connectivity index (χ0) is 19.9. The van der Waals surface area contributed by atoms with Crippen LogP contribution in [0.1, 0.15) is 11.1 Å². The second-order valence-electron chi connectivity index (χ2n) is 5.63. The number of nitriles is 1. The van der Waals surface area contributed by atoms with Gasteiger partial charge in [-0.05, 0) is 35.9 Å². The summed E-state index contributed by atoms with van der Waals surface area (Å²) in [7, 11) is 3.18. The number of nitrogens with zero attached hydrogens (tertiary/aromatic N) is 2. The summed E-state index contributed by atoms with van der Waals surface area (Å²) >= 11 is 1.31. The topological polar surface area (TPSA) is 84.2 Å². The van der Waals surface area contributed by atoms with Gasteiger partial charge in [0.15, 0.2) is 5.13 Å². The van der Waals surface area contributed by atoms with E-state index in [-0.39, 0.29) is 5.91 Å². The van der Waals surface area contributed by atoms with E-state index in [1.165, 1.54) is 17.4 Å². The Hall–Kier alpha value is -3.63. The zero-order valence-corrected chi connectivity index (χ0v) is 16.1. The van der Waals surface area contributed by atoms with Crippen LogP contribution in [-0.2, 0) is 4.79 Å². The Morgan fingerprint density at radius 1 is 1.21 bits per heavy atom. The number of nitrogens with one attached hydrogen (secondary N) is 1. The third kappa shape index (κ3) is 4.37. The molecule has 0 bridgehead atoms. The fraction of sp³-hybridized carbons (Fsp3) is 0.0952. The molecule has 0 aliphatic rings. The summed E-state index contributed by atoms with van der Waals surface area (Å²) < 4.78 is 10.6. The zero-order valence-electron chi connectivity index (χ0n) is 15.3. The van der Waals surface area contributed by atoms with Crippen molar-refractivity contribution in [3.05, 3.63) is 65.0 Å². The van der Waals surface area contributed by atoms with Crippen molar-refractivity contribution in [2.45, 2.75) is 0 Å². The highest BCUT2D eigenvalue weighted by atomic mass is 32.1. The minimum atomic E-state index is -0.328. The summed E-state index contributed by atoms with van der Waals surface area (Å²) in [6.07, 6.45) is 2.98. The van der Waals surface area contributed by atoms with Crippen molar-refractivity contribution in [2.24, 2.45) is 0 Å². The van der Waals surface area contributed by atoms with Crippen LogP contribution in [0.25, 0.3) is 17.3 Å². The van der Waals surface area contributed by atoms with Crippen molar-refractivity contribution in [3.8, 4) is 28.8 Å². The SMILES string of the molecule is COc1ccc(OC)c(-c2csc(NC(=O)/C=C/c3ccccc3C#N)n2)c1. The van der Waals surface area contributed by atoms with Crippen molar-refractivity contribution in [3.63, 3.8) is 0 Å². The summed E-state index contributed by atoms with van der Waals surface area (Å²) in [5.74, 6) is 1.02. The Labute approximate surface area is 166 Å². The molecule has 140 valence electrons. The van der Waals surface area contributed by atoms with Crippen LogP contribution in [0, 0.1) is 11.3 Å². The van der Waals surface area contributed by atoms with E-state index in [4.69, 9.17) is 14.7 Å². The van der Waals surface area contributed by atoms with E-state index in [0.29, 0.717) is 33.5 Å². The number of hydrogen-bond donors (Lipinski definition) is 1. The maximum atomic E-state index is 12.2. The van der Waals surface area contributed by atoms with E-state index >= 15 is 0 Å². The third-order valence-corrected chi connectivity index (χ3v) is 4.67. The number of anilines is 1. The maximum Gasteiger partial charge on any atom is 0.250 e. The third-order valence-electron chi connectivity index (χ3n) is 3.91. The fourth-order valence-electron chi connectivity index (χ4n) is 2.53. The van der Waals surface area contributed by atoms with E-state index in [2.05, 4.69) is 16.4 Å². The highest BCUT2D eigenvalue weighted by Gasteiger charge is 2.12. The Bertz CT molecular complexity index is 1070. The van der Waals surface area contributed by atoms with Crippen molar-refractivity contribution in [1.82, 2.24) is 4.98 Å². The standard InChI is InChI=1S/C21H17N3O3S/c1-26-16-8-9-19(27-2)17(11-16)18-13-28-21(23-18)24-20(25)10-7-14-5-3-4-6-15(14)12-22/h3-11,13H,1-2H3,(H,23,24,25)/b10-7+. The van der Waals surface area contributed by atoms with Gasteiger partial charge in [0, 0.05) is 17.0 Å². The molecule has 3 aromatic rings. The van der Waals surface area contributed by atoms with Gasteiger partial charge in [-0.1, -0.05) is 18.2 Å². The number of ether oxygens (including phenoxy) is 2. The lowest BCUT2D eigenvalue weighted by atomic mass is 10.1. The van der Waals surface area contributed by atoms with Gasteiger partial charge in [-0.25, -0.2) is 4.98 Å². The van der Waals surface area contributed by atoms with Crippen molar-refractivity contribution in [2.75, 3.05) is 19.5 Å². The molecule has 0 spiro atoms. The lowest BCUT2D eigenvalue weighted by Crippen LogP contribution is -2.07. The lowest BCUT2D eigenvalue weighted by Gasteiger charge is -2.08. The van der Waals surface area contributed by atoms with E-state index < -0.39 is 0 Å². The summed E-state index contributed by atoms with van der Waals surface area (Å²) in [6.45, 7) is 0. The van der Waals surface area contributed by atoms with Gasteiger partial charge in [0.2, 0.25) is 5.91 Å². The smallest absolute Gasteiger partial charge is 0.250 e. The van der Waals surface area contributed by atoms with Gasteiger partial charge in [0.25, 0.3) is 0 Å². The number of amides is 1. The quantitative estimate of drug-likeness (QED) is 0.632. The van der Waals surface area contributed by atoms with E-state index in [1.807, 2.05) is 17.5 Å². The Morgan fingerprint density at radius 2 is 2.04 bits per heavy atom. The van der Waals surface area contributed by atoms with Gasteiger partial charge in [0.1, 0.15) is 11.5 Å². The molecule has 0 fully saturated rings. The van der Waals surface area contributed by atoms with Crippen LogP contribution in [0.15, 0.2) is 53.9 Å². The molecular formula is C21H17N3O3S. The number of methoxy groups -OCH3 is 2.